The normalized spacial score (nSPS) is 14.2. The van der Waals surface area contributed by atoms with Crippen molar-refractivity contribution in [3.8, 4) is 0 Å². The molecular formula is C14H20Cl2N2OS. The Morgan fingerprint density at radius 1 is 1.40 bits per heavy atom. The summed E-state index contributed by atoms with van der Waals surface area (Å²) in [6, 6.07) is 3.31. The molecule has 0 radical (unpaired) electrons. The van der Waals surface area contributed by atoms with Gasteiger partial charge in [-0.2, -0.15) is 0 Å². The molecule has 0 aliphatic rings. The van der Waals surface area contributed by atoms with Crippen molar-refractivity contribution >= 4 is 40.9 Å². The van der Waals surface area contributed by atoms with E-state index in [1.165, 1.54) is 11.8 Å². The topological polar surface area (TPSA) is 55.1 Å². The Morgan fingerprint density at radius 2 is 2.00 bits per heavy atom. The highest BCUT2D eigenvalue weighted by atomic mass is 35.5. The smallest absolute Gasteiger partial charge is 0.253 e. The Hall–Kier alpha value is -0.420. The lowest BCUT2D eigenvalue weighted by molar-refractivity contribution is 0.0883. The van der Waals surface area contributed by atoms with E-state index in [4.69, 9.17) is 28.9 Å². The van der Waals surface area contributed by atoms with Crippen molar-refractivity contribution in [3.05, 3.63) is 27.7 Å². The number of carbonyl (C=O) groups is 1. The minimum atomic E-state index is -0.473. The highest BCUT2D eigenvalue weighted by Crippen LogP contribution is 2.31. The van der Waals surface area contributed by atoms with E-state index in [1.807, 2.05) is 27.0 Å². The van der Waals surface area contributed by atoms with Crippen LogP contribution in [0.2, 0.25) is 10.0 Å². The molecule has 0 heterocycles. The first kappa shape index (κ1) is 17.6. The zero-order valence-corrected chi connectivity index (χ0v) is 14.4. The van der Waals surface area contributed by atoms with Crippen LogP contribution in [0.3, 0.4) is 0 Å². The molecule has 1 aromatic carbocycles. The van der Waals surface area contributed by atoms with Gasteiger partial charge in [-0.1, -0.05) is 37.0 Å². The molecule has 0 aromatic heterocycles. The van der Waals surface area contributed by atoms with Crippen molar-refractivity contribution in [2.75, 3.05) is 12.8 Å². The zero-order valence-electron chi connectivity index (χ0n) is 12.1. The molecule has 1 rings (SSSR count). The van der Waals surface area contributed by atoms with E-state index < -0.39 is 5.54 Å². The van der Waals surface area contributed by atoms with E-state index in [0.717, 1.165) is 4.90 Å². The van der Waals surface area contributed by atoms with Gasteiger partial charge in [-0.25, -0.2) is 0 Å². The predicted octanol–water partition coefficient (Wildman–Crippen LogP) is 3.82. The van der Waals surface area contributed by atoms with Crippen LogP contribution in [-0.4, -0.2) is 24.2 Å². The SMILES string of the molecule is CSc1cc(C(=O)NC(C)(CN)C(C)C)c(Cl)cc1Cl. The van der Waals surface area contributed by atoms with Crippen LogP contribution in [-0.2, 0) is 0 Å². The summed E-state index contributed by atoms with van der Waals surface area (Å²) in [6.45, 7) is 6.32. The first-order valence-electron chi connectivity index (χ1n) is 6.30. The standard InChI is InChI=1S/C14H20Cl2N2OS/c1-8(2)14(3,7-17)18-13(19)9-5-12(20-4)11(16)6-10(9)15/h5-6,8H,7,17H2,1-4H3,(H,18,19). The van der Waals surface area contributed by atoms with Gasteiger partial charge in [0.2, 0.25) is 0 Å². The van der Waals surface area contributed by atoms with Crippen LogP contribution in [0.4, 0.5) is 0 Å². The summed E-state index contributed by atoms with van der Waals surface area (Å²) in [5.74, 6) is -0.0221. The molecule has 0 aliphatic heterocycles. The molecule has 0 fully saturated rings. The van der Waals surface area contributed by atoms with Gasteiger partial charge in [0.25, 0.3) is 5.91 Å². The Labute approximate surface area is 134 Å². The zero-order chi connectivity index (χ0) is 15.5. The van der Waals surface area contributed by atoms with Gasteiger partial charge >= 0.3 is 0 Å². The highest BCUT2D eigenvalue weighted by Gasteiger charge is 2.29. The van der Waals surface area contributed by atoms with Gasteiger partial charge < -0.3 is 11.1 Å². The second-order valence-corrected chi connectivity index (χ2v) is 6.86. The summed E-state index contributed by atoms with van der Waals surface area (Å²) in [6.07, 6.45) is 1.90. The van der Waals surface area contributed by atoms with Gasteiger partial charge in [0.05, 0.1) is 21.1 Å². The van der Waals surface area contributed by atoms with E-state index >= 15 is 0 Å². The van der Waals surface area contributed by atoms with Crippen molar-refractivity contribution in [3.63, 3.8) is 0 Å². The highest BCUT2D eigenvalue weighted by molar-refractivity contribution is 7.98. The molecule has 20 heavy (non-hydrogen) atoms. The maximum absolute atomic E-state index is 12.4. The number of benzene rings is 1. The predicted molar refractivity (Wildman–Crippen MR) is 88.0 cm³/mol. The quantitative estimate of drug-likeness (QED) is 0.805. The van der Waals surface area contributed by atoms with Crippen LogP contribution in [0, 0.1) is 5.92 Å². The molecule has 1 amide bonds. The largest absolute Gasteiger partial charge is 0.345 e. The molecule has 1 unspecified atom stereocenters. The minimum Gasteiger partial charge on any atom is -0.345 e. The van der Waals surface area contributed by atoms with E-state index in [-0.39, 0.29) is 11.8 Å². The number of rotatable bonds is 5. The first-order valence-corrected chi connectivity index (χ1v) is 8.29. The lowest BCUT2D eigenvalue weighted by Crippen LogP contribution is -2.55. The lowest BCUT2D eigenvalue weighted by atomic mass is 9.88. The molecule has 0 bridgehead atoms. The third kappa shape index (κ3) is 3.82. The number of amides is 1. The number of carbonyl (C=O) groups excluding carboxylic acids is 1. The average molecular weight is 335 g/mol. The fourth-order valence-corrected chi connectivity index (χ4v) is 2.81. The van der Waals surface area contributed by atoms with Gasteiger partial charge in [-0.15, -0.1) is 11.8 Å². The summed E-state index contributed by atoms with van der Waals surface area (Å²) >= 11 is 13.6. The second kappa shape index (κ2) is 7.03. The number of thioether (sulfide) groups is 1. The Balaban J connectivity index is 3.10. The fourth-order valence-electron chi connectivity index (χ4n) is 1.62. The third-order valence-electron chi connectivity index (χ3n) is 3.58. The van der Waals surface area contributed by atoms with Crippen LogP contribution in [0.25, 0.3) is 0 Å². The lowest BCUT2D eigenvalue weighted by Gasteiger charge is -2.33. The number of nitrogens with two attached hydrogens (primary N) is 1. The van der Waals surface area contributed by atoms with Crippen molar-refractivity contribution < 1.29 is 4.79 Å². The number of nitrogens with one attached hydrogen (secondary N) is 1. The monoisotopic (exact) mass is 334 g/mol. The molecule has 3 nitrogen and oxygen atoms in total. The van der Waals surface area contributed by atoms with E-state index in [0.29, 0.717) is 22.2 Å². The van der Waals surface area contributed by atoms with Crippen LogP contribution in [0.15, 0.2) is 17.0 Å². The third-order valence-corrected chi connectivity index (χ3v) is 5.10. The fraction of sp³-hybridized carbons (Fsp3) is 0.500. The Bertz CT molecular complexity index is 508. The van der Waals surface area contributed by atoms with Gasteiger partial charge in [-0.05, 0) is 31.2 Å². The first-order chi connectivity index (χ1) is 9.25. The van der Waals surface area contributed by atoms with Gasteiger partial charge in [0.15, 0.2) is 0 Å². The van der Waals surface area contributed by atoms with Crippen molar-refractivity contribution in [2.24, 2.45) is 11.7 Å². The van der Waals surface area contributed by atoms with Crippen molar-refractivity contribution in [1.82, 2.24) is 5.32 Å². The molecule has 0 spiro atoms. The maximum Gasteiger partial charge on any atom is 0.253 e. The maximum atomic E-state index is 12.4. The summed E-state index contributed by atoms with van der Waals surface area (Å²) < 4.78 is 0. The summed E-state index contributed by atoms with van der Waals surface area (Å²) in [4.78, 5) is 13.2. The van der Waals surface area contributed by atoms with Gasteiger partial charge in [0.1, 0.15) is 0 Å². The minimum absolute atomic E-state index is 0.211. The van der Waals surface area contributed by atoms with E-state index in [9.17, 15) is 4.79 Å². The molecule has 0 aliphatic carbocycles. The van der Waals surface area contributed by atoms with Crippen LogP contribution < -0.4 is 11.1 Å². The number of hydrogen-bond donors (Lipinski definition) is 2. The number of halogens is 2. The van der Waals surface area contributed by atoms with E-state index in [2.05, 4.69) is 5.32 Å². The van der Waals surface area contributed by atoms with Gasteiger partial charge in [-0.3, -0.25) is 4.79 Å². The Morgan fingerprint density at radius 3 is 2.45 bits per heavy atom. The number of hydrogen-bond acceptors (Lipinski definition) is 3. The average Bonchev–Trinajstić information content (AvgIpc) is 2.38. The van der Waals surface area contributed by atoms with Crippen molar-refractivity contribution in [2.45, 2.75) is 31.2 Å². The van der Waals surface area contributed by atoms with Crippen LogP contribution in [0.1, 0.15) is 31.1 Å². The van der Waals surface area contributed by atoms with Crippen LogP contribution >= 0.6 is 35.0 Å². The molecular weight excluding hydrogens is 315 g/mol. The second-order valence-electron chi connectivity index (χ2n) is 5.20. The van der Waals surface area contributed by atoms with Gasteiger partial charge in [0, 0.05) is 11.4 Å². The van der Waals surface area contributed by atoms with Crippen molar-refractivity contribution in [1.29, 1.82) is 0 Å². The summed E-state index contributed by atoms with van der Waals surface area (Å²) in [5, 5.41) is 3.86. The molecule has 1 aromatic rings. The molecule has 0 saturated carbocycles. The summed E-state index contributed by atoms with van der Waals surface area (Å²) in [7, 11) is 0. The molecule has 6 heteroatoms. The Kier molecular flexibility index (Phi) is 6.20. The molecule has 112 valence electrons. The molecule has 0 saturated heterocycles. The molecule has 3 N–H and O–H groups in total. The molecule has 1 atom stereocenters. The summed E-state index contributed by atoms with van der Waals surface area (Å²) in [5.41, 5.74) is 5.72. The van der Waals surface area contributed by atoms with Crippen LogP contribution in [0.5, 0.6) is 0 Å². The van der Waals surface area contributed by atoms with E-state index in [1.54, 1.807) is 12.1 Å².